The number of β-amino-alcohol motifs (C(OH)–C–C–N with tert-alkyl or cyclic N) is 1. The van der Waals surface area contributed by atoms with E-state index in [0.29, 0.717) is 32.4 Å². The van der Waals surface area contributed by atoms with Crippen molar-refractivity contribution in [3.05, 3.63) is 0 Å². The fourth-order valence-corrected chi connectivity index (χ4v) is 2.94. The van der Waals surface area contributed by atoms with E-state index in [1.165, 1.54) is 0 Å². The summed E-state index contributed by atoms with van der Waals surface area (Å²) in [6, 6.07) is 0. The Hall–Kier alpha value is -1.10. The molecule has 0 radical (unpaired) electrons. The summed E-state index contributed by atoms with van der Waals surface area (Å²) in [5, 5.41) is 18.7. The molecule has 1 aliphatic heterocycles. The number of aliphatic carboxylic acids is 1. The van der Waals surface area contributed by atoms with Crippen molar-refractivity contribution in [2.75, 3.05) is 13.1 Å². The van der Waals surface area contributed by atoms with Crippen LogP contribution in [0.5, 0.6) is 0 Å². The molecule has 2 aliphatic rings. The lowest BCUT2D eigenvalue weighted by molar-refractivity contribution is -0.142. The van der Waals surface area contributed by atoms with Gasteiger partial charge in [0.2, 0.25) is 5.91 Å². The predicted molar refractivity (Wildman–Crippen MR) is 64.8 cm³/mol. The van der Waals surface area contributed by atoms with E-state index in [9.17, 15) is 14.7 Å². The Kier molecular flexibility index (Phi) is 3.90. The summed E-state index contributed by atoms with van der Waals surface area (Å²) in [5.41, 5.74) is 0. The van der Waals surface area contributed by atoms with E-state index in [-0.39, 0.29) is 23.7 Å². The van der Waals surface area contributed by atoms with Crippen LogP contribution in [0.15, 0.2) is 0 Å². The number of likely N-dealkylation sites (tertiary alicyclic amines) is 1. The van der Waals surface area contributed by atoms with Crippen molar-refractivity contribution in [3.63, 3.8) is 0 Å². The van der Waals surface area contributed by atoms with Crippen LogP contribution in [0.1, 0.15) is 32.6 Å². The predicted octanol–water partition coefficient (Wildman–Crippen LogP) is 0.717. The average Bonchev–Trinajstić information content (AvgIpc) is 2.81. The van der Waals surface area contributed by atoms with Crippen molar-refractivity contribution in [1.29, 1.82) is 0 Å². The highest BCUT2D eigenvalue weighted by molar-refractivity contribution is 5.81. The summed E-state index contributed by atoms with van der Waals surface area (Å²) in [5.74, 6) is -1.05. The SMILES string of the molecule is CC1CCN(C(=O)C2CCC(C(=O)O)C2)CC1O. The number of aliphatic hydroxyl groups is 1. The molecule has 1 saturated carbocycles. The number of nitrogens with zero attached hydrogens (tertiary/aromatic N) is 1. The fraction of sp³-hybridized carbons (Fsp3) is 0.846. The molecule has 5 heteroatoms. The molecule has 1 aliphatic carbocycles. The van der Waals surface area contributed by atoms with Crippen LogP contribution in [0.4, 0.5) is 0 Å². The van der Waals surface area contributed by atoms with E-state index in [2.05, 4.69) is 0 Å². The lowest BCUT2D eigenvalue weighted by Crippen LogP contribution is -2.47. The van der Waals surface area contributed by atoms with Crippen molar-refractivity contribution in [1.82, 2.24) is 4.90 Å². The van der Waals surface area contributed by atoms with Gasteiger partial charge < -0.3 is 15.1 Å². The molecule has 0 spiro atoms. The van der Waals surface area contributed by atoms with E-state index in [4.69, 9.17) is 5.11 Å². The second-order valence-corrected chi connectivity index (χ2v) is 5.66. The highest BCUT2D eigenvalue weighted by atomic mass is 16.4. The first kappa shape index (κ1) is 13.3. The zero-order valence-corrected chi connectivity index (χ0v) is 10.7. The van der Waals surface area contributed by atoms with Gasteiger partial charge in [-0.25, -0.2) is 0 Å². The van der Waals surface area contributed by atoms with E-state index < -0.39 is 12.1 Å². The topological polar surface area (TPSA) is 77.8 Å². The quantitative estimate of drug-likeness (QED) is 0.762. The minimum Gasteiger partial charge on any atom is -0.481 e. The maximum absolute atomic E-state index is 12.2. The van der Waals surface area contributed by atoms with Gasteiger partial charge in [0.1, 0.15) is 0 Å². The zero-order valence-electron chi connectivity index (χ0n) is 10.7. The van der Waals surface area contributed by atoms with Crippen molar-refractivity contribution in [2.24, 2.45) is 17.8 Å². The average molecular weight is 255 g/mol. The van der Waals surface area contributed by atoms with E-state index in [1.54, 1.807) is 4.90 Å². The monoisotopic (exact) mass is 255 g/mol. The van der Waals surface area contributed by atoms with E-state index in [0.717, 1.165) is 6.42 Å². The third-order valence-electron chi connectivity index (χ3n) is 4.36. The second-order valence-electron chi connectivity index (χ2n) is 5.66. The van der Waals surface area contributed by atoms with E-state index >= 15 is 0 Å². The summed E-state index contributed by atoms with van der Waals surface area (Å²) < 4.78 is 0. The molecule has 102 valence electrons. The second kappa shape index (κ2) is 5.26. The van der Waals surface area contributed by atoms with Gasteiger partial charge in [0, 0.05) is 19.0 Å². The summed E-state index contributed by atoms with van der Waals surface area (Å²) in [4.78, 5) is 24.8. The first-order valence-electron chi connectivity index (χ1n) is 6.68. The van der Waals surface area contributed by atoms with Gasteiger partial charge in [0.25, 0.3) is 0 Å². The molecule has 4 unspecified atom stereocenters. The van der Waals surface area contributed by atoms with Gasteiger partial charge in [0.05, 0.1) is 12.0 Å². The minimum atomic E-state index is -0.794. The number of piperidine rings is 1. The van der Waals surface area contributed by atoms with Crippen LogP contribution in [-0.2, 0) is 9.59 Å². The van der Waals surface area contributed by atoms with Gasteiger partial charge in [-0.3, -0.25) is 9.59 Å². The Balaban J connectivity index is 1.90. The van der Waals surface area contributed by atoms with Crippen molar-refractivity contribution >= 4 is 11.9 Å². The largest absolute Gasteiger partial charge is 0.481 e. The summed E-state index contributed by atoms with van der Waals surface area (Å²) >= 11 is 0. The van der Waals surface area contributed by atoms with Crippen molar-refractivity contribution in [2.45, 2.75) is 38.7 Å². The molecular formula is C13H21NO4. The molecule has 0 aromatic carbocycles. The Bertz CT molecular complexity index is 344. The molecule has 4 atom stereocenters. The number of amides is 1. The molecule has 1 amide bonds. The third-order valence-corrected chi connectivity index (χ3v) is 4.36. The Morgan fingerprint density at radius 2 is 1.83 bits per heavy atom. The number of carboxylic acids is 1. The normalized spacial score (nSPS) is 36.7. The number of carbonyl (C=O) groups excluding carboxylic acids is 1. The number of rotatable bonds is 2. The smallest absolute Gasteiger partial charge is 0.306 e. The molecule has 5 nitrogen and oxygen atoms in total. The Morgan fingerprint density at radius 3 is 2.39 bits per heavy atom. The molecule has 2 N–H and O–H groups in total. The summed E-state index contributed by atoms with van der Waals surface area (Å²) in [6.45, 7) is 3.07. The third kappa shape index (κ3) is 2.66. The van der Waals surface area contributed by atoms with Crippen LogP contribution >= 0.6 is 0 Å². The number of carbonyl (C=O) groups is 2. The van der Waals surface area contributed by atoms with Gasteiger partial charge in [0.15, 0.2) is 0 Å². The lowest BCUT2D eigenvalue weighted by Gasteiger charge is -2.35. The standard InChI is InChI=1S/C13H21NO4/c1-8-4-5-14(7-11(8)15)12(16)9-2-3-10(6-9)13(17)18/h8-11,15H,2-7H2,1H3,(H,17,18). The lowest BCUT2D eigenvalue weighted by atomic mass is 9.94. The molecule has 0 aromatic heterocycles. The minimum absolute atomic E-state index is 0.0321. The molecule has 18 heavy (non-hydrogen) atoms. The van der Waals surface area contributed by atoms with E-state index in [1.807, 2.05) is 6.92 Å². The molecule has 2 rings (SSSR count). The molecule has 2 fully saturated rings. The zero-order chi connectivity index (χ0) is 13.3. The molecule has 0 bridgehead atoms. The summed E-state index contributed by atoms with van der Waals surface area (Å²) in [6.07, 6.45) is 2.09. The first-order valence-corrected chi connectivity index (χ1v) is 6.68. The van der Waals surface area contributed by atoms with Gasteiger partial charge >= 0.3 is 5.97 Å². The first-order chi connectivity index (χ1) is 8.49. The van der Waals surface area contributed by atoms with Gasteiger partial charge in [-0.2, -0.15) is 0 Å². The number of aliphatic hydroxyl groups excluding tert-OH is 1. The fourth-order valence-electron chi connectivity index (χ4n) is 2.94. The maximum Gasteiger partial charge on any atom is 0.306 e. The molecular weight excluding hydrogens is 234 g/mol. The van der Waals surface area contributed by atoms with Gasteiger partial charge in [-0.15, -0.1) is 0 Å². The number of carboxylic acid groups (broad SMARTS) is 1. The van der Waals surface area contributed by atoms with Crippen LogP contribution in [0, 0.1) is 17.8 Å². The highest BCUT2D eigenvalue weighted by Crippen LogP contribution is 2.33. The number of hydrogen-bond acceptors (Lipinski definition) is 3. The van der Waals surface area contributed by atoms with Crippen LogP contribution < -0.4 is 0 Å². The van der Waals surface area contributed by atoms with Crippen LogP contribution in [0.2, 0.25) is 0 Å². The van der Waals surface area contributed by atoms with Crippen LogP contribution in [0.3, 0.4) is 0 Å². The molecule has 0 aromatic rings. The Morgan fingerprint density at radius 1 is 1.17 bits per heavy atom. The molecule has 1 heterocycles. The summed E-state index contributed by atoms with van der Waals surface area (Å²) in [7, 11) is 0. The van der Waals surface area contributed by atoms with Gasteiger partial charge in [-0.05, 0) is 31.6 Å². The maximum atomic E-state index is 12.2. The van der Waals surface area contributed by atoms with Crippen LogP contribution in [-0.4, -0.2) is 46.2 Å². The highest BCUT2D eigenvalue weighted by Gasteiger charge is 2.37. The van der Waals surface area contributed by atoms with Crippen molar-refractivity contribution < 1.29 is 19.8 Å². The van der Waals surface area contributed by atoms with Gasteiger partial charge in [-0.1, -0.05) is 6.92 Å². The van der Waals surface area contributed by atoms with Crippen molar-refractivity contribution in [3.8, 4) is 0 Å². The Labute approximate surface area is 107 Å². The number of hydrogen-bond donors (Lipinski definition) is 2. The molecule has 1 saturated heterocycles. The van der Waals surface area contributed by atoms with Crippen LogP contribution in [0.25, 0.3) is 0 Å².